The molecular formula is C36H34BrNO7. The SMILES string of the molecule is COc1cc(-c2oc3c(Br)cc(CNC(=O)OC(C)(C)C)cc3c(=O)c2OCc2ccccc2)ccc1OCc1ccccc1. The number of rotatable bonds is 10. The summed E-state index contributed by atoms with van der Waals surface area (Å²) in [5.74, 6) is 1.32. The highest BCUT2D eigenvalue weighted by molar-refractivity contribution is 9.10. The topological polar surface area (TPSA) is 96.2 Å². The summed E-state index contributed by atoms with van der Waals surface area (Å²) in [5.41, 5.74) is 2.51. The van der Waals surface area contributed by atoms with Gasteiger partial charge in [0.25, 0.3) is 0 Å². The molecule has 0 aliphatic heterocycles. The standard InChI is InChI=1S/C36H34BrNO7/c1-36(2,3)45-35(40)38-20-25-17-27-31(39)34(43-22-24-13-9-6-10-14-24)32(44-33(27)28(37)18-25)26-15-16-29(30(19-26)41-4)42-21-23-11-7-5-8-12-23/h5-19H,20-22H2,1-4H3,(H,38,40). The number of amides is 1. The van der Waals surface area contributed by atoms with Crippen molar-refractivity contribution in [1.29, 1.82) is 0 Å². The summed E-state index contributed by atoms with van der Waals surface area (Å²) in [7, 11) is 1.56. The fraction of sp³-hybridized carbons (Fsp3) is 0.222. The van der Waals surface area contributed by atoms with Gasteiger partial charge in [-0.15, -0.1) is 0 Å². The number of alkyl carbamates (subject to hydrolysis) is 1. The molecule has 0 aliphatic carbocycles. The maximum atomic E-state index is 14.1. The first-order valence-corrected chi connectivity index (χ1v) is 15.2. The van der Waals surface area contributed by atoms with Crippen LogP contribution < -0.4 is 25.0 Å². The Morgan fingerprint density at radius 3 is 2.09 bits per heavy atom. The zero-order chi connectivity index (χ0) is 32.0. The number of benzene rings is 4. The molecule has 0 bridgehead atoms. The van der Waals surface area contributed by atoms with E-state index in [1.807, 2.05) is 60.7 Å². The molecule has 0 fully saturated rings. The van der Waals surface area contributed by atoms with E-state index in [0.717, 1.165) is 11.1 Å². The zero-order valence-corrected chi connectivity index (χ0v) is 27.1. The summed E-state index contributed by atoms with van der Waals surface area (Å²) in [4.78, 5) is 26.3. The van der Waals surface area contributed by atoms with Crippen molar-refractivity contribution < 1.29 is 28.2 Å². The van der Waals surface area contributed by atoms with Crippen LogP contribution in [0.25, 0.3) is 22.3 Å². The third-order valence-corrected chi connectivity index (χ3v) is 7.28. The highest BCUT2D eigenvalue weighted by Gasteiger charge is 2.22. The summed E-state index contributed by atoms with van der Waals surface area (Å²) in [6.07, 6.45) is -0.557. The molecule has 1 N–H and O–H groups in total. The average Bonchev–Trinajstić information content (AvgIpc) is 3.02. The van der Waals surface area contributed by atoms with Crippen LogP contribution in [0.4, 0.5) is 4.79 Å². The first kappa shape index (κ1) is 31.7. The minimum Gasteiger partial charge on any atom is -0.493 e. The van der Waals surface area contributed by atoms with Crippen molar-refractivity contribution in [3.05, 3.63) is 122 Å². The minimum atomic E-state index is -0.634. The van der Waals surface area contributed by atoms with E-state index >= 15 is 0 Å². The molecule has 0 atom stereocenters. The summed E-state index contributed by atoms with van der Waals surface area (Å²) in [6, 6.07) is 28.2. The second-order valence-electron chi connectivity index (χ2n) is 11.3. The number of methoxy groups -OCH3 is 1. The van der Waals surface area contributed by atoms with Crippen molar-refractivity contribution in [2.24, 2.45) is 0 Å². The third-order valence-electron chi connectivity index (χ3n) is 6.69. The van der Waals surface area contributed by atoms with E-state index in [4.69, 9.17) is 23.4 Å². The van der Waals surface area contributed by atoms with E-state index in [1.165, 1.54) is 0 Å². The molecular weight excluding hydrogens is 638 g/mol. The number of carbonyl (C=O) groups excluding carboxylic acids is 1. The van der Waals surface area contributed by atoms with Crippen LogP contribution in [0.3, 0.4) is 0 Å². The smallest absolute Gasteiger partial charge is 0.407 e. The molecule has 232 valence electrons. The predicted octanol–water partition coefficient (Wildman–Crippen LogP) is 8.41. The van der Waals surface area contributed by atoms with Gasteiger partial charge in [0.05, 0.1) is 17.0 Å². The van der Waals surface area contributed by atoms with E-state index in [0.29, 0.717) is 44.7 Å². The fourth-order valence-corrected chi connectivity index (χ4v) is 5.19. The van der Waals surface area contributed by atoms with Crippen LogP contribution in [0.15, 0.2) is 105 Å². The lowest BCUT2D eigenvalue weighted by Crippen LogP contribution is -2.32. The lowest BCUT2D eigenvalue weighted by Gasteiger charge is -2.19. The molecule has 4 aromatic carbocycles. The van der Waals surface area contributed by atoms with Crippen molar-refractivity contribution in [2.75, 3.05) is 7.11 Å². The second kappa shape index (κ2) is 13.9. The Morgan fingerprint density at radius 1 is 0.822 bits per heavy atom. The van der Waals surface area contributed by atoms with E-state index in [1.54, 1.807) is 58.2 Å². The van der Waals surface area contributed by atoms with Gasteiger partial charge in [-0.05, 0) is 83.7 Å². The van der Waals surface area contributed by atoms with E-state index in [-0.39, 0.29) is 30.1 Å². The Bertz CT molecular complexity index is 1850. The van der Waals surface area contributed by atoms with Crippen molar-refractivity contribution in [2.45, 2.75) is 46.1 Å². The van der Waals surface area contributed by atoms with Crippen LogP contribution in [-0.4, -0.2) is 18.8 Å². The molecule has 0 radical (unpaired) electrons. The summed E-state index contributed by atoms with van der Waals surface area (Å²) in [5, 5.41) is 3.03. The lowest BCUT2D eigenvalue weighted by molar-refractivity contribution is 0.0523. The molecule has 5 aromatic rings. The highest BCUT2D eigenvalue weighted by Crippen LogP contribution is 2.39. The molecule has 8 nitrogen and oxygen atoms in total. The molecule has 5 rings (SSSR count). The molecule has 45 heavy (non-hydrogen) atoms. The second-order valence-corrected chi connectivity index (χ2v) is 12.2. The Labute approximate surface area is 270 Å². The molecule has 0 aliphatic rings. The van der Waals surface area contributed by atoms with Gasteiger partial charge in [0.15, 0.2) is 22.8 Å². The number of hydrogen-bond donors (Lipinski definition) is 1. The van der Waals surface area contributed by atoms with Gasteiger partial charge >= 0.3 is 6.09 Å². The molecule has 0 unspecified atom stereocenters. The van der Waals surface area contributed by atoms with Crippen molar-refractivity contribution in [1.82, 2.24) is 5.32 Å². The maximum absolute atomic E-state index is 14.1. The molecule has 1 amide bonds. The van der Waals surface area contributed by atoms with Gasteiger partial charge in [0.2, 0.25) is 11.2 Å². The number of halogens is 1. The van der Waals surface area contributed by atoms with Gasteiger partial charge in [-0.3, -0.25) is 4.79 Å². The molecule has 0 saturated carbocycles. The monoisotopic (exact) mass is 671 g/mol. The Morgan fingerprint density at radius 2 is 1.47 bits per heavy atom. The van der Waals surface area contributed by atoms with E-state index in [2.05, 4.69) is 21.2 Å². The minimum absolute atomic E-state index is 0.0514. The summed E-state index contributed by atoms with van der Waals surface area (Å²) >= 11 is 3.57. The largest absolute Gasteiger partial charge is 0.493 e. The third kappa shape index (κ3) is 8.05. The first-order valence-electron chi connectivity index (χ1n) is 14.4. The van der Waals surface area contributed by atoms with Gasteiger partial charge < -0.3 is 28.7 Å². The van der Waals surface area contributed by atoms with Crippen LogP contribution >= 0.6 is 15.9 Å². The number of carbonyl (C=O) groups is 1. The molecule has 1 heterocycles. The number of ether oxygens (including phenoxy) is 4. The Balaban J connectivity index is 1.53. The van der Waals surface area contributed by atoms with Crippen molar-refractivity contribution in [3.8, 4) is 28.6 Å². The molecule has 1 aromatic heterocycles. The molecule has 9 heteroatoms. The Kier molecular flexibility index (Phi) is 9.78. The number of fused-ring (bicyclic) bond motifs is 1. The quantitative estimate of drug-likeness (QED) is 0.159. The average molecular weight is 673 g/mol. The zero-order valence-electron chi connectivity index (χ0n) is 25.5. The Hall–Kier alpha value is -4.76. The highest BCUT2D eigenvalue weighted by atomic mass is 79.9. The maximum Gasteiger partial charge on any atom is 0.407 e. The van der Waals surface area contributed by atoms with Crippen molar-refractivity contribution >= 4 is 33.0 Å². The van der Waals surface area contributed by atoms with Crippen LogP contribution in [0.5, 0.6) is 17.2 Å². The van der Waals surface area contributed by atoms with E-state index < -0.39 is 11.7 Å². The summed E-state index contributed by atoms with van der Waals surface area (Å²) < 4.78 is 30.2. The van der Waals surface area contributed by atoms with Gasteiger partial charge in [0, 0.05) is 12.1 Å². The van der Waals surface area contributed by atoms with Crippen LogP contribution in [0.1, 0.15) is 37.5 Å². The van der Waals surface area contributed by atoms with Crippen molar-refractivity contribution in [3.63, 3.8) is 0 Å². The van der Waals surface area contributed by atoms with Gasteiger partial charge in [-0.2, -0.15) is 0 Å². The van der Waals surface area contributed by atoms with Crippen LogP contribution in [0, 0.1) is 0 Å². The lowest BCUT2D eigenvalue weighted by atomic mass is 10.1. The fourth-order valence-electron chi connectivity index (χ4n) is 4.60. The first-order chi connectivity index (χ1) is 21.6. The number of nitrogens with one attached hydrogen (secondary N) is 1. The van der Waals surface area contributed by atoms with Crippen LogP contribution in [-0.2, 0) is 24.5 Å². The van der Waals surface area contributed by atoms with Gasteiger partial charge in [-0.25, -0.2) is 4.79 Å². The molecule has 0 saturated heterocycles. The predicted molar refractivity (Wildman–Crippen MR) is 177 cm³/mol. The van der Waals surface area contributed by atoms with Gasteiger partial charge in [0.1, 0.15) is 18.8 Å². The molecule has 0 spiro atoms. The number of hydrogen-bond acceptors (Lipinski definition) is 7. The summed E-state index contributed by atoms with van der Waals surface area (Å²) in [6.45, 7) is 6.04. The van der Waals surface area contributed by atoms with Gasteiger partial charge in [-0.1, -0.05) is 60.7 Å². The van der Waals surface area contributed by atoms with E-state index in [9.17, 15) is 9.59 Å². The normalized spacial score (nSPS) is 11.2. The van der Waals surface area contributed by atoms with Crippen LogP contribution in [0.2, 0.25) is 0 Å².